The van der Waals surface area contributed by atoms with E-state index in [2.05, 4.69) is 6.58 Å². The van der Waals surface area contributed by atoms with E-state index in [-0.39, 0.29) is 18.5 Å². The van der Waals surface area contributed by atoms with Gasteiger partial charge >= 0.3 is 11.9 Å². The lowest BCUT2D eigenvalue weighted by Crippen LogP contribution is -2.09. The van der Waals surface area contributed by atoms with Crippen molar-refractivity contribution in [1.82, 2.24) is 0 Å². The van der Waals surface area contributed by atoms with Crippen LogP contribution in [0.5, 0.6) is 0 Å². The van der Waals surface area contributed by atoms with Gasteiger partial charge in [0.15, 0.2) is 6.10 Å². The second-order valence-corrected chi connectivity index (χ2v) is 6.09. The first-order chi connectivity index (χ1) is 12.1. The highest BCUT2D eigenvalue weighted by atomic mass is 16.6. The van der Waals surface area contributed by atoms with E-state index in [4.69, 9.17) is 13.9 Å². The van der Waals surface area contributed by atoms with Crippen LogP contribution in [0.3, 0.4) is 0 Å². The summed E-state index contributed by atoms with van der Waals surface area (Å²) in [7, 11) is 0. The van der Waals surface area contributed by atoms with Gasteiger partial charge < -0.3 is 13.9 Å². The molecule has 0 saturated heterocycles. The molecular weight excluding hydrogens is 320 g/mol. The van der Waals surface area contributed by atoms with Crippen molar-refractivity contribution in [2.24, 2.45) is 0 Å². The number of esters is 2. The average molecular weight is 336 g/mol. The Balaban J connectivity index is 1.84. The maximum atomic E-state index is 12.3. The molecule has 126 valence electrons. The molecule has 2 aliphatic heterocycles. The van der Waals surface area contributed by atoms with Crippen molar-refractivity contribution >= 4 is 11.9 Å². The molecule has 1 aromatic heterocycles. The molecule has 25 heavy (non-hydrogen) atoms. The lowest BCUT2D eigenvalue weighted by molar-refractivity contribution is -0.139. The largest absolute Gasteiger partial charge is 0.472 e. The Kier molecular flexibility index (Phi) is 3.57. The van der Waals surface area contributed by atoms with Gasteiger partial charge in [-0.15, -0.1) is 0 Å². The van der Waals surface area contributed by atoms with Crippen molar-refractivity contribution in [3.63, 3.8) is 0 Å². The fraction of sp³-hybridized carbons (Fsp3) is 0.200. The molecule has 2 aliphatic rings. The van der Waals surface area contributed by atoms with Crippen LogP contribution in [-0.2, 0) is 20.9 Å². The minimum Gasteiger partial charge on any atom is -0.472 e. The van der Waals surface area contributed by atoms with Gasteiger partial charge in [-0.1, -0.05) is 31.7 Å². The lowest BCUT2D eigenvalue weighted by atomic mass is 9.83. The van der Waals surface area contributed by atoms with Crippen LogP contribution in [0.2, 0.25) is 0 Å². The van der Waals surface area contributed by atoms with E-state index >= 15 is 0 Å². The predicted octanol–water partition coefficient (Wildman–Crippen LogP) is 3.83. The molecule has 5 nitrogen and oxygen atoms in total. The monoisotopic (exact) mass is 336 g/mol. The van der Waals surface area contributed by atoms with E-state index in [1.54, 1.807) is 24.7 Å². The van der Waals surface area contributed by atoms with Gasteiger partial charge in [-0.3, -0.25) is 0 Å². The minimum absolute atomic E-state index is 0.149. The van der Waals surface area contributed by atoms with Gasteiger partial charge in [0.2, 0.25) is 0 Å². The van der Waals surface area contributed by atoms with Gasteiger partial charge in [-0.05, 0) is 23.3 Å². The number of carbonyl (C=O) groups excluding carboxylic acids is 2. The summed E-state index contributed by atoms with van der Waals surface area (Å²) >= 11 is 0. The van der Waals surface area contributed by atoms with Crippen LogP contribution in [0.1, 0.15) is 46.0 Å². The van der Waals surface area contributed by atoms with Gasteiger partial charge in [0.25, 0.3) is 0 Å². The van der Waals surface area contributed by atoms with E-state index in [0.717, 1.165) is 22.3 Å². The SMILES string of the molecule is C=CC1=C(C(C)c2cccc3c2COC3=O)C(c2ccoc2)OC1=O. The summed E-state index contributed by atoms with van der Waals surface area (Å²) in [6.07, 6.45) is 4.12. The van der Waals surface area contributed by atoms with Crippen LogP contribution in [0.15, 0.2) is 65.0 Å². The van der Waals surface area contributed by atoms with Gasteiger partial charge in [-0.25, -0.2) is 9.59 Å². The highest BCUT2D eigenvalue weighted by Gasteiger charge is 2.38. The Labute approximate surface area is 144 Å². The van der Waals surface area contributed by atoms with Crippen molar-refractivity contribution in [3.8, 4) is 0 Å². The fourth-order valence-corrected chi connectivity index (χ4v) is 3.57. The molecule has 2 unspecified atom stereocenters. The second-order valence-electron chi connectivity index (χ2n) is 6.09. The number of cyclic esters (lactones) is 2. The molecule has 2 atom stereocenters. The standard InChI is InChI=1S/C20H16O5/c1-3-13-17(18(25-20(13)22)12-7-8-23-9-12)11(2)14-5-4-6-15-16(14)10-24-19(15)21/h3-9,11,18H,1,10H2,2H3. The maximum Gasteiger partial charge on any atom is 0.339 e. The topological polar surface area (TPSA) is 65.7 Å². The summed E-state index contributed by atoms with van der Waals surface area (Å²) in [5, 5.41) is 0. The van der Waals surface area contributed by atoms with Crippen molar-refractivity contribution < 1.29 is 23.5 Å². The molecule has 0 radical (unpaired) electrons. The number of carbonyl (C=O) groups is 2. The fourth-order valence-electron chi connectivity index (χ4n) is 3.57. The molecule has 0 spiro atoms. The Hall–Kier alpha value is -3.08. The molecular formula is C20H16O5. The third-order valence-corrected chi connectivity index (χ3v) is 4.80. The van der Waals surface area contributed by atoms with Crippen LogP contribution < -0.4 is 0 Å². The lowest BCUT2D eigenvalue weighted by Gasteiger charge is -2.21. The average Bonchev–Trinajstić information content (AvgIpc) is 3.33. The van der Waals surface area contributed by atoms with Gasteiger partial charge in [-0.2, -0.15) is 0 Å². The Morgan fingerprint density at radius 1 is 1.24 bits per heavy atom. The molecule has 4 rings (SSSR count). The summed E-state index contributed by atoms with van der Waals surface area (Å²) in [5.74, 6) is -0.862. The van der Waals surface area contributed by atoms with E-state index in [0.29, 0.717) is 11.1 Å². The second kappa shape index (κ2) is 5.77. The molecule has 0 fully saturated rings. The number of benzene rings is 1. The Morgan fingerprint density at radius 3 is 2.80 bits per heavy atom. The zero-order valence-corrected chi connectivity index (χ0v) is 13.7. The van der Waals surface area contributed by atoms with Crippen molar-refractivity contribution in [2.45, 2.75) is 25.6 Å². The van der Waals surface area contributed by atoms with Gasteiger partial charge in [0.05, 0.1) is 23.7 Å². The first-order valence-electron chi connectivity index (χ1n) is 8.00. The van der Waals surface area contributed by atoms with Crippen molar-refractivity contribution in [3.05, 3.63) is 82.8 Å². The summed E-state index contributed by atoms with van der Waals surface area (Å²) < 4.78 is 15.9. The maximum absolute atomic E-state index is 12.3. The molecule has 2 aromatic rings. The number of ether oxygens (including phenoxy) is 2. The van der Waals surface area contributed by atoms with Crippen LogP contribution >= 0.6 is 0 Å². The first-order valence-corrected chi connectivity index (χ1v) is 8.00. The smallest absolute Gasteiger partial charge is 0.339 e. The third-order valence-electron chi connectivity index (χ3n) is 4.80. The zero-order chi connectivity index (χ0) is 17.6. The summed E-state index contributed by atoms with van der Waals surface area (Å²) in [4.78, 5) is 24.1. The molecule has 5 heteroatoms. The zero-order valence-electron chi connectivity index (χ0n) is 13.7. The van der Waals surface area contributed by atoms with E-state index in [1.807, 2.05) is 19.1 Å². The molecule has 0 amide bonds. The van der Waals surface area contributed by atoms with Crippen molar-refractivity contribution in [1.29, 1.82) is 0 Å². The van der Waals surface area contributed by atoms with Crippen LogP contribution in [-0.4, -0.2) is 11.9 Å². The van der Waals surface area contributed by atoms with Crippen LogP contribution in [0.25, 0.3) is 0 Å². The van der Waals surface area contributed by atoms with Crippen molar-refractivity contribution in [2.75, 3.05) is 0 Å². The van der Waals surface area contributed by atoms with Crippen LogP contribution in [0.4, 0.5) is 0 Å². The number of fused-ring (bicyclic) bond motifs is 1. The van der Waals surface area contributed by atoms with Gasteiger partial charge in [0, 0.05) is 17.0 Å². The predicted molar refractivity (Wildman–Crippen MR) is 88.7 cm³/mol. The minimum atomic E-state index is -0.525. The van der Waals surface area contributed by atoms with Crippen LogP contribution in [0, 0.1) is 0 Å². The van der Waals surface area contributed by atoms with E-state index in [9.17, 15) is 9.59 Å². The molecule has 0 N–H and O–H groups in total. The number of hydrogen-bond donors (Lipinski definition) is 0. The highest BCUT2D eigenvalue weighted by molar-refractivity contribution is 5.96. The summed E-state index contributed by atoms with van der Waals surface area (Å²) in [6.45, 7) is 6.00. The highest BCUT2D eigenvalue weighted by Crippen LogP contribution is 2.45. The number of hydrogen-bond acceptors (Lipinski definition) is 5. The Bertz CT molecular complexity index is 904. The first kappa shape index (κ1) is 15.4. The summed E-state index contributed by atoms with van der Waals surface area (Å²) in [5.41, 5.74) is 4.43. The number of furan rings is 1. The van der Waals surface area contributed by atoms with E-state index < -0.39 is 12.1 Å². The number of rotatable bonds is 4. The van der Waals surface area contributed by atoms with E-state index in [1.165, 1.54) is 6.08 Å². The molecule has 0 saturated carbocycles. The quantitative estimate of drug-likeness (QED) is 0.794. The Morgan fingerprint density at radius 2 is 2.08 bits per heavy atom. The molecule has 0 bridgehead atoms. The molecule has 1 aromatic carbocycles. The third kappa shape index (κ3) is 2.31. The molecule has 0 aliphatic carbocycles. The summed E-state index contributed by atoms with van der Waals surface area (Å²) in [6, 6.07) is 7.32. The normalized spacial score (nSPS) is 20.3. The van der Waals surface area contributed by atoms with Gasteiger partial charge in [0.1, 0.15) is 6.61 Å². The molecule has 3 heterocycles.